The van der Waals surface area contributed by atoms with Gasteiger partial charge in [0, 0.05) is 26.2 Å². The maximum Gasteiger partial charge on any atom is 0.335 e. The molecule has 2 saturated heterocycles. The fourth-order valence-electron chi connectivity index (χ4n) is 6.24. The fourth-order valence-corrected chi connectivity index (χ4v) is 6.24. The fraction of sp³-hybridized carbons (Fsp3) is 0.469. The van der Waals surface area contributed by atoms with Gasteiger partial charge in [-0.05, 0) is 80.0 Å². The molecule has 40 heavy (non-hydrogen) atoms. The largest absolute Gasteiger partial charge is 0.478 e. The van der Waals surface area contributed by atoms with E-state index in [1.807, 2.05) is 35.2 Å². The molecule has 212 valence electrons. The number of piperidine rings is 1. The van der Waals surface area contributed by atoms with E-state index in [9.17, 15) is 14.4 Å². The Labute approximate surface area is 236 Å². The Kier molecular flexibility index (Phi) is 8.54. The molecule has 8 nitrogen and oxygen atoms in total. The number of carboxylic acid groups (broad SMARTS) is 1. The number of carboxylic acids is 1. The number of amides is 2. The highest BCUT2D eigenvalue weighted by molar-refractivity contribution is 6.06. The smallest absolute Gasteiger partial charge is 0.335 e. The second-order valence-corrected chi connectivity index (χ2v) is 11.3. The lowest BCUT2D eigenvalue weighted by molar-refractivity contribution is -0.154. The second kappa shape index (κ2) is 12.3. The molecule has 0 radical (unpaired) electrons. The van der Waals surface area contributed by atoms with Crippen LogP contribution in [0.2, 0.25) is 0 Å². The number of benzene rings is 2. The van der Waals surface area contributed by atoms with E-state index in [0.29, 0.717) is 42.5 Å². The molecular weight excluding hydrogens is 506 g/mol. The van der Waals surface area contributed by atoms with Crippen molar-refractivity contribution >= 4 is 17.8 Å². The molecule has 1 saturated carbocycles. The first-order chi connectivity index (χ1) is 19.4. The summed E-state index contributed by atoms with van der Waals surface area (Å²) in [6.45, 7) is 4.87. The third kappa shape index (κ3) is 6.07. The molecule has 0 unspecified atom stereocenters. The predicted octanol–water partition coefficient (Wildman–Crippen LogP) is 5.34. The topological polar surface area (TPSA) is 99.2 Å². The SMILES string of the molecule is CCCN1C(=O)C(=CC2CCCCC2)NC(=O)C12CCN(Cc1ccc(Oc3ccc(C(=O)O)cc3)cc1)CC2. The van der Waals surface area contributed by atoms with Gasteiger partial charge >= 0.3 is 5.97 Å². The van der Waals surface area contributed by atoms with Gasteiger partial charge in [-0.15, -0.1) is 0 Å². The summed E-state index contributed by atoms with van der Waals surface area (Å²) in [5.41, 5.74) is 1.06. The maximum atomic E-state index is 13.6. The van der Waals surface area contributed by atoms with Crippen molar-refractivity contribution in [1.29, 1.82) is 0 Å². The first kappa shape index (κ1) is 27.9. The Hall–Kier alpha value is -3.65. The molecule has 3 fully saturated rings. The van der Waals surface area contributed by atoms with E-state index < -0.39 is 11.5 Å². The van der Waals surface area contributed by atoms with E-state index in [0.717, 1.165) is 44.5 Å². The number of nitrogens with one attached hydrogen (secondary N) is 1. The number of carbonyl (C=O) groups is 3. The van der Waals surface area contributed by atoms with Crippen LogP contribution in [0.15, 0.2) is 60.3 Å². The molecule has 2 aromatic carbocycles. The molecule has 2 N–H and O–H groups in total. The molecule has 2 heterocycles. The zero-order valence-corrected chi connectivity index (χ0v) is 23.2. The van der Waals surface area contributed by atoms with Crippen LogP contribution in [0.3, 0.4) is 0 Å². The van der Waals surface area contributed by atoms with Crippen molar-refractivity contribution in [2.75, 3.05) is 19.6 Å². The van der Waals surface area contributed by atoms with E-state index in [2.05, 4.69) is 17.1 Å². The number of carbonyl (C=O) groups excluding carboxylic acids is 2. The van der Waals surface area contributed by atoms with Crippen LogP contribution in [-0.4, -0.2) is 57.9 Å². The summed E-state index contributed by atoms with van der Waals surface area (Å²) in [6.07, 6.45) is 9.90. The van der Waals surface area contributed by atoms with Gasteiger partial charge in [-0.1, -0.05) is 44.4 Å². The Balaban J connectivity index is 1.19. The summed E-state index contributed by atoms with van der Waals surface area (Å²) in [6, 6.07) is 14.2. The Morgan fingerprint density at radius 2 is 1.62 bits per heavy atom. The van der Waals surface area contributed by atoms with Crippen LogP contribution < -0.4 is 10.1 Å². The third-order valence-corrected chi connectivity index (χ3v) is 8.51. The van der Waals surface area contributed by atoms with Crippen molar-refractivity contribution in [1.82, 2.24) is 15.1 Å². The van der Waals surface area contributed by atoms with Crippen LogP contribution >= 0.6 is 0 Å². The molecule has 3 aliphatic rings. The minimum Gasteiger partial charge on any atom is -0.478 e. The zero-order valence-electron chi connectivity index (χ0n) is 23.2. The molecule has 1 spiro atoms. The maximum absolute atomic E-state index is 13.6. The highest BCUT2D eigenvalue weighted by atomic mass is 16.5. The number of hydrogen-bond acceptors (Lipinski definition) is 5. The van der Waals surface area contributed by atoms with Gasteiger partial charge in [-0.25, -0.2) is 4.79 Å². The lowest BCUT2D eigenvalue weighted by atomic mass is 9.81. The molecular formula is C32H39N3O5. The number of aromatic carboxylic acids is 1. The highest BCUT2D eigenvalue weighted by Gasteiger charge is 2.52. The van der Waals surface area contributed by atoms with Crippen molar-refractivity contribution in [2.24, 2.45) is 5.92 Å². The highest BCUT2D eigenvalue weighted by Crippen LogP contribution is 2.35. The lowest BCUT2D eigenvalue weighted by Gasteiger charge is -2.50. The molecule has 2 amide bonds. The van der Waals surface area contributed by atoms with Crippen LogP contribution in [0, 0.1) is 5.92 Å². The van der Waals surface area contributed by atoms with Crippen LogP contribution in [0.1, 0.15) is 74.2 Å². The minimum absolute atomic E-state index is 0.0198. The van der Waals surface area contributed by atoms with Gasteiger partial charge in [0.15, 0.2) is 0 Å². The lowest BCUT2D eigenvalue weighted by Crippen LogP contribution is -2.69. The van der Waals surface area contributed by atoms with Crippen LogP contribution in [0.5, 0.6) is 11.5 Å². The molecule has 8 heteroatoms. The summed E-state index contributed by atoms with van der Waals surface area (Å²) < 4.78 is 5.85. The number of hydrogen-bond donors (Lipinski definition) is 2. The van der Waals surface area contributed by atoms with Gasteiger partial charge < -0.3 is 20.1 Å². The zero-order chi connectivity index (χ0) is 28.1. The van der Waals surface area contributed by atoms with Gasteiger partial charge in [0.1, 0.15) is 22.7 Å². The van der Waals surface area contributed by atoms with Gasteiger partial charge in [0.2, 0.25) is 0 Å². The molecule has 0 bridgehead atoms. The van der Waals surface area contributed by atoms with Crippen molar-refractivity contribution in [3.05, 3.63) is 71.4 Å². The minimum atomic E-state index is -0.968. The van der Waals surface area contributed by atoms with Crippen LogP contribution in [-0.2, 0) is 16.1 Å². The van der Waals surface area contributed by atoms with E-state index in [-0.39, 0.29) is 17.4 Å². The van der Waals surface area contributed by atoms with Crippen molar-refractivity contribution in [3.8, 4) is 11.5 Å². The van der Waals surface area contributed by atoms with Gasteiger partial charge in [-0.2, -0.15) is 0 Å². The van der Waals surface area contributed by atoms with E-state index in [1.165, 1.54) is 31.4 Å². The molecule has 0 atom stereocenters. The van der Waals surface area contributed by atoms with Gasteiger partial charge in [0.05, 0.1) is 5.56 Å². The Morgan fingerprint density at radius 3 is 2.23 bits per heavy atom. The number of rotatable bonds is 8. The van der Waals surface area contributed by atoms with E-state index >= 15 is 0 Å². The summed E-state index contributed by atoms with van der Waals surface area (Å²) >= 11 is 0. The van der Waals surface area contributed by atoms with Gasteiger partial charge in [0.25, 0.3) is 11.8 Å². The normalized spacial score (nSPS) is 21.0. The molecule has 2 aliphatic heterocycles. The first-order valence-electron chi connectivity index (χ1n) is 14.6. The second-order valence-electron chi connectivity index (χ2n) is 11.3. The quantitative estimate of drug-likeness (QED) is 0.434. The number of allylic oxidation sites excluding steroid dienone is 1. The van der Waals surface area contributed by atoms with Crippen molar-refractivity contribution in [2.45, 2.75) is 70.4 Å². The summed E-state index contributed by atoms with van der Waals surface area (Å²) in [4.78, 5) is 42.4. The van der Waals surface area contributed by atoms with Crippen molar-refractivity contribution < 1.29 is 24.2 Å². The predicted molar refractivity (Wildman–Crippen MR) is 152 cm³/mol. The first-order valence-corrected chi connectivity index (χ1v) is 14.6. The third-order valence-electron chi connectivity index (χ3n) is 8.51. The molecule has 5 rings (SSSR count). The van der Waals surface area contributed by atoms with Crippen molar-refractivity contribution in [3.63, 3.8) is 0 Å². The molecule has 0 aromatic heterocycles. The van der Waals surface area contributed by atoms with Crippen LogP contribution in [0.25, 0.3) is 0 Å². The Morgan fingerprint density at radius 1 is 1.00 bits per heavy atom. The monoisotopic (exact) mass is 545 g/mol. The summed E-state index contributed by atoms with van der Waals surface area (Å²) in [5, 5.41) is 12.1. The van der Waals surface area contributed by atoms with Gasteiger partial charge in [-0.3, -0.25) is 14.5 Å². The Bertz CT molecular complexity index is 1240. The summed E-state index contributed by atoms with van der Waals surface area (Å²) in [5.74, 6) is 0.613. The average Bonchev–Trinajstić information content (AvgIpc) is 2.97. The number of ether oxygens (including phenoxy) is 1. The van der Waals surface area contributed by atoms with Crippen LogP contribution in [0.4, 0.5) is 0 Å². The van der Waals surface area contributed by atoms with E-state index in [4.69, 9.17) is 9.84 Å². The standard InChI is InChI=1S/C32H39N3O5/c1-2-18-35-29(36)28(21-23-6-4-3-5-7-23)33-31(39)32(35)16-19-34(20-17-32)22-24-8-12-26(13-9-24)40-27-14-10-25(11-15-27)30(37)38/h8-15,21,23H,2-7,16-20,22H2,1H3,(H,33,39)(H,37,38). The molecule has 2 aromatic rings. The molecule has 1 aliphatic carbocycles. The number of piperazine rings is 1. The average molecular weight is 546 g/mol. The number of nitrogens with zero attached hydrogens (tertiary/aromatic N) is 2. The van der Waals surface area contributed by atoms with E-state index in [1.54, 1.807) is 12.1 Å². The number of likely N-dealkylation sites (tertiary alicyclic amines) is 1. The summed E-state index contributed by atoms with van der Waals surface area (Å²) in [7, 11) is 0.